The predicted octanol–water partition coefficient (Wildman–Crippen LogP) is 6.37. The first kappa shape index (κ1) is 13.8. The third kappa shape index (κ3) is 2.30. The van der Waals surface area contributed by atoms with E-state index in [4.69, 9.17) is 0 Å². The van der Waals surface area contributed by atoms with Gasteiger partial charge in [-0.15, -0.1) is 0 Å². The van der Waals surface area contributed by atoms with E-state index in [-0.39, 0.29) is 0 Å². The van der Waals surface area contributed by atoms with E-state index in [1.807, 2.05) is 0 Å². The summed E-state index contributed by atoms with van der Waals surface area (Å²) in [7, 11) is 0. The zero-order valence-corrected chi connectivity index (χ0v) is 13.7. The lowest BCUT2D eigenvalue weighted by atomic mass is 9.90. The first-order chi connectivity index (χ1) is 11.9. The van der Waals surface area contributed by atoms with Gasteiger partial charge in [-0.25, -0.2) is 0 Å². The van der Waals surface area contributed by atoms with Gasteiger partial charge in [-0.2, -0.15) is 0 Å². The minimum atomic E-state index is 0.856. The van der Waals surface area contributed by atoms with Gasteiger partial charge in [0.1, 0.15) is 0 Å². The highest BCUT2D eigenvalue weighted by atomic mass is 14.3. The fraction of sp³-hybridized carbons (Fsp3) is 0.167. The Morgan fingerprint density at radius 2 is 1.33 bits per heavy atom. The molecule has 1 fully saturated rings. The van der Waals surface area contributed by atoms with Gasteiger partial charge in [0.15, 0.2) is 0 Å². The van der Waals surface area contributed by atoms with E-state index in [0.29, 0.717) is 0 Å². The van der Waals surface area contributed by atoms with Crippen LogP contribution in [0.2, 0.25) is 0 Å². The fourth-order valence-electron chi connectivity index (χ4n) is 3.95. The van der Waals surface area contributed by atoms with E-state index in [1.54, 1.807) is 5.57 Å². The molecular weight excluding hydrogens is 288 g/mol. The Morgan fingerprint density at radius 1 is 0.625 bits per heavy atom. The molecular formula is C24H20. The molecule has 0 saturated heterocycles. The highest BCUT2D eigenvalue weighted by molar-refractivity contribution is 5.87. The molecule has 3 aromatic carbocycles. The van der Waals surface area contributed by atoms with E-state index < -0.39 is 0 Å². The average molecular weight is 308 g/mol. The lowest BCUT2D eigenvalue weighted by molar-refractivity contribution is 0.963. The van der Waals surface area contributed by atoms with Gasteiger partial charge >= 0.3 is 0 Å². The summed E-state index contributed by atoms with van der Waals surface area (Å²) in [5, 5.41) is 0. The molecule has 0 N–H and O–H groups in total. The number of fused-ring (bicyclic) bond motifs is 1. The van der Waals surface area contributed by atoms with Gasteiger partial charge in [-0.05, 0) is 58.6 Å². The molecule has 0 radical (unpaired) electrons. The zero-order valence-electron chi connectivity index (χ0n) is 13.7. The second-order valence-electron chi connectivity index (χ2n) is 6.96. The molecule has 24 heavy (non-hydrogen) atoms. The predicted molar refractivity (Wildman–Crippen MR) is 102 cm³/mol. The van der Waals surface area contributed by atoms with E-state index in [2.05, 4.69) is 78.9 Å². The molecule has 0 atom stereocenters. The minimum absolute atomic E-state index is 0.856. The van der Waals surface area contributed by atoms with Crippen molar-refractivity contribution in [2.45, 2.75) is 19.3 Å². The van der Waals surface area contributed by atoms with E-state index in [9.17, 15) is 0 Å². The molecule has 0 amide bonds. The summed E-state index contributed by atoms with van der Waals surface area (Å²) in [6.07, 6.45) is 6.35. The van der Waals surface area contributed by atoms with Gasteiger partial charge in [-0.1, -0.05) is 84.4 Å². The molecule has 1 saturated carbocycles. The van der Waals surface area contributed by atoms with E-state index >= 15 is 0 Å². The molecule has 2 aliphatic carbocycles. The first-order valence-corrected chi connectivity index (χ1v) is 8.87. The number of rotatable bonds is 3. The Hall–Kier alpha value is -2.60. The van der Waals surface area contributed by atoms with Gasteiger partial charge in [0.05, 0.1) is 0 Å². The molecule has 0 spiro atoms. The summed E-state index contributed by atoms with van der Waals surface area (Å²) < 4.78 is 0. The van der Waals surface area contributed by atoms with Gasteiger partial charge in [0.25, 0.3) is 0 Å². The zero-order chi connectivity index (χ0) is 15.9. The summed E-state index contributed by atoms with van der Waals surface area (Å²) in [4.78, 5) is 0. The van der Waals surface area contributed by atoms with Crippen LogP contribution < -0.4 is 0 Å². The number of hydrogen-bond donors (Lipinski definition) is 0. The van der Waals surface area contributed by atoms with Crippen molar-refractivity contribution in [3.8, 4) is 22.3 Å². The molecule has 2 aliphatic rings. The maximum atomic E-state index is 2.45. The van der Waals surface area contributed by atoms with Crippen molar-refractivity contribution in [3.63, 3.8) is 0 Å². The van der Waals surface area contributed by atoms with Crippen LogP contribution in [-0.2, 0) is 6.42 Å². The fourth-order valence-corrected chi connectivity index (χ4v) is 3.95. The standard InChI is InChI=1S/C24H20/c1-2-7-18(8-3-1)21-10-4-5-11-22(21)23-12-6-9-19-15-20(16-24(19)23)17-13-14-17/h1-12,15,17H,13-14,16H2. The highest BCUT2D eigenvalue weighted by Crippen LogP contribution is 2.45. The lowest BCUT2D eigenvalue weighted by Gasteiger charge is -2.14. The molecule has 3 aromatic rings. The van der Waals surface area contributed by atoms with Crippen LogP contribution in [0.15, 0.2) is 78.4 Å². The summed E-state index contributed by atoms with van der Waals surface area (Å²) in [6, 6.07) is 26.3. The van der Waals surface area contributed by atoms with E-state index in [0.717, 1.165) is 12.3 Å². The van der Waals surface area contributed by atoms with Crippen molar-refractivity contribution in [1.82, 2.24) is 0 Å². The third-order valence-electron chi connectivity index (χ3n) is 5.34. The average Bonchev–Trinajstić information content (AvgIpc) is 3.41. The smallest absolute Gasteiger partial charge is 0.00489 e. The quantitative estimate of drug-likeness (QED) is 0.527. The highest BCUT2D eigenvalue weighted by Gasteiger charge is 2.30. The Bertz CT molecular complexity index is 927. The van der Waals surface area contributed by atoms with Crippen LogP contribution in [0.4, 0.5) is 0 Å². The van der Waals surface area contributed by atoms with Crippen molar-refractivity contribution in [1.29, 1.82) is 0 Å². The number of benzene rings is 3. The Labute approximate surface area is 143 Å². The molecule has 0 heteroatoms. The summed E-state index contributed by atoms with van der Waals surface area (Å²) >= 11 is 0. The molecule has 0 bridgehead atoms. The summed E-state index contributed by atoms with van der Waals surface area (Å²) in [5.41, 5.74) is 9.96. The first-order valence-electron chi connectivity index (χ1n) is 8.87. The SMILES string of the molecule is C1=C(C2CC2)Cc2c1cccc2-c1ccccc1-c1ccccc1. The monoisotopic (exact) mass is 308 g/mol. The van der Waals surface area contributed by atoms with Crippen LogP contribution in [-0.4, -0.2) is 0 Å². The van der Waals surface area contributed by atoms with Gasteiger partial charge in [-0.3, -0.25) is 0 Å². The van der Waals surface area contributed by atoms with Crippen LogP contribution in [0.3, 0.4) is 0 Å². The minimum Gasteiger partial charge on any atom is -0.0622 e. The molecule has 0 nitrogen and oxygen atoms in total. The Kier molecular flexibility index (Phi) is 3.16. The Balaban J connectivity index is 1.64. The van der Waals surface area contributed by atoms with Crippen LogP contribution in [0, 0.1) is 5.92 Å². The molecule has 0 aromatic heterocycles. The molecule has 0 aliphatic heterocycles. The van der Waals surface area contributed by atoms with Gasteiger partial charge in [0, 0.05) is 0 Å². The van der Waals surface area contributed by atoms with Crippen molar-refractivity contribution in [3.05, 3.63) is 89.5 Å². The number of hydrogen-bond acceptors (Lipinski definition) is 0. The second-order valence-corrected chi connectivity index (χ2v) is 6.96. The third-order valence-corrected chi connectivity index (χ3v) is 5.34. The maximum Gasteiger partial charge on any atom is -0.00489 e. The largest absolute Gasteiger partial charge is 0.0622 e. The molecule has 116 valence electrons. The van der Waals surface area contributed by atoms with E-state index in [1.165, 1.54) is 46.2 Å². The van der Waals surface area contributed by atoms with Crippen LogP contribution in [0.1, 0.15) is 24.0 Å². The van der Waals surface area contributed by atoms with Gasteiger partial charge < -0.3 is 0 Å². The Morgan fingerprint density at radius 3 is 2.12 bits per heavy atom. The van der Waals surface area contributed by atoms with Crippen molar-refractivity contribution < 1.29 is 0 Å². The topological polar surface area (TPSA) is 0 Å². The van der Waals surface area contributed by atoms with Crippen LogP contribution in [0.25, 0.3) is 28.3 Å². The van der Waals surface area contributed by atoms with Crippen LogP contribution in [0.5, 0.6) is 0 Å². The number of allylic oxidation sites excluding steroid dienone is 1. The van der Waals surface area contributed by atoms with Crippen molar-refractivity contribution in [2.24, 2.45) is 5.92 Å². The lowest BCUT2D eigenvalue weighted by Crippen LogP contribution is -1.93. The van der Waals surface area contributed by atoms with Crippen molar-refractivity contribution in [2.75, 3.05) is 0 Å². The summed E-state index contributed by atoms with van der Waals surface area (Å²) in [6.45, 7) is 0. The molecule has 0 heterocycles. The molecule has 0 unspecified atom stereocenters. The molecule has 5 rings (SSSR count). The normalized spacial score (nSPS) is 15.9. The van der Waals surface area contributed by atoms with Gasteiger partial charge in [0.2, 0.25) is 0 Å². The van der Waals surface area contributed by atoms with Crippen molar-refractivity contribution >= 4 is 6.08 Å². The van der Waals surface area contributed by atoms with Crippen LogP contribution >= 0.6 is 0 Å². The summed E-state index contributed by atoms with van der Waals surface area (Å²) in [5.74, 6) is 0.856. The second kappa shape index (κ2) is 5.49. The maximum absolute atomic E-state index is 2.45.